The molecule has 2 atom stereocenters. The molecule has 5 heteroatoms. The second kappa shape index (κ2) is 8.41. The highest BCUT2D eigenvalue weighted by Gasteiger charge is 2.26. The fraction of sp³-hybridized carbons (Fsp3) is 0.333. The summed E-state index contributed by atoms with van der Waals surface area (Å²) < 4.78 is 5.41. The summed E-state index contributed by atoms with van der Waals surface area (Å²) >= 11 is 1.48. The molecule has 0 saturated heterocycles. The third-order valence-electron chi connectivity index (χ3n) is 4.67. The van der Waals surface area contributed by atoms with Crippen LogP contribution in [0.2, 0.25) is 0 Å². The molecule has 136 valence electrons. The van der Waals surface area contributed by atoms with Crippen LogP contribution in [0.1, 0.15) is 47.3 Å². The van der Waals surface area contributed by atoms with Crippen LogP contribution in [-0.4, -0.2) is 24.2 Å². The molecule has 2 aromatic carbocycles. The zero-order valence-corrected chi connectivity index (χ0v) is 15.8. The lowest BCUT2D eigenvalue weighted by Gasteiger charge is -2.27. The number of hydrogen-bond acceptors (Lipinski definition) is 4. The van der Waals surface area contributed by atoms with Gasteiger partial charge in [0.1, 0.15) is 0 Å². The lowest BCUT2D eigenvalue weighted by atomic mass is 9.87. The monoisotopic (exact) mass is 369 g/mol. The zero-order valence-electron chi connectivity index (χ0n) is 15.0. The smallest absolute Gasteiger partial charge is 0.340 e. The molecule has 0 unspecified atom stereocenters. The normalized spacial score (nSPS) is 17.1. The van der Waals surface area contributed by atoms with E-state index < -0.39 is 12.1 Å². The molecule has 0 aromatic heterocycles. The quantitative estimate of drug-likeness (QED) is 0.635. The van der Waals surface area contributed by atoms with E-state index in [2.05, 4.69) is 17.4 Å². The van der Waals surface area contributed by atoms with Crippen molar-refractivity contribution in [2.24, 2.45) is 0 Å². The maximum atomic E-state index is 12.5. The van der Waals surface area contributed by atoms with Gasteiger partial charge < -0.3 is 10.1 Å². The molecule has 0 heterocycles. The van der Waals surface area contributed by atoms with Gasteiger partial charge in [-0.15, -0.1) is 11.8 Å². The number of fused-ring (bicyclic) bond motifs is 1. The topological polar surface area (TPSA) is 55.4 Å². The number of aryl methyl sites for hydroxylation is 1. The van der Waals surface area contributed by atoms with Crippen molar-refractivity contribution in [2.75, 3.05) is 6.26 Å². The standard InChI is InChI=1S/C21H23NO3S/c1-14(25-21(24)17-11-5-6-13-19(17)26-2)20(23)22-18-12-7-9-15-8-3-4-10-16(15)18/h3-6,8,10-11,13-14,18H,7,9,12H2,1-2H3,(H,22,23)/t14-,18+/m1/s1. The first-order valence-corrected chi connectivity index (χ1v) is 10.0. The van der Waals surface area contributed by atoms with Gasteiger partial charge in [0.2, 0.25) is 0 Å². The number of nitrogens with one attached hydrogen (secondary N) is 1. The maximum absolute atomic E-state index is 12.5. The highest BCUT2D eigenvalue weighted by molar-refractivity contribution is 7.98. The molecule has 1 N–H and O–H groups in total. The molecule has 0 bridgehead atoms. The lowest BCUT2D eigenvalue weighted by Crippen LogP contribution is -2.39. The number of carbonyl (C=O) groups is 2. The number of thioether (sulfide) groups is 1. The zero-order chi connectivity index (χ0) is 18.5. The molecule has 0 saturated carbocycles. The third kappa shape index (κ3) is 4.10. The minimum absolute atomic E-state index is 0.0212. The van der Waals surface area contributed by atoms with Crippen LogP contribution >= 0.6 is 11.8 Å². The van der Waals surface area contributed by atoms with Gasteiger partial charge in [0.15, 0.2) is 6.10 Å². The van der Waals surface area contributed by atoms with E-state index in [1.165, 1.54) is 22.9 Å². The first kappa shape index (κ1) is 18.5. The number of benzene rings is 2. The molecule has 3 rings (SSSR count). The van der Waals surface area contributed by atoms with Gasteiger partial charge in [-0.2, -0.15) is 0 Å². The number of ether oxygens (including phenoxy) is 1. The van der Waals surface area contributed by atoms with Crippen molar-refractivity contribution in [3.63, 3.8) is 0 Å². The fourth-order valence-corrected chi connectivity index (χ4v) is 3.87. The van der Waals surface area contributed by atoms with Crippen molar-refractivity contribution in [3.05, 3.63) is 65.2 Å². The number of carbonyl (C=O) groups excluding carboxylic acids is 2. The number of hydrogen-bond donors (Lipinski definition) is 1. The molecule has 2 aromatic rings. The molecule has 1 amide bonds. The average Bonchev–Trinajstić information content (AvgIpc) is 2.68. The van der Waals surface area contributed by atoms with Crippen LogP contribution in [0.3, 0.4) is 0 Å². The Labute approximate surface area is 158 Å². The van der Waals surface area contributed by atoms with E-state index >= 15 is 0 Å². The Bertz CT molecular complexity index is 805. The maximum Gasteiger partial charge on any atom is 0.340 e. The summed E-state index contributed by atoms with van der Waals surface area (Å²) in [5.41, 5.74) is 2.93. The van der Waals surface area contributed by atoms with Gasteiger partial charge in [-0.05, 0) is 55.7 Å². The van der Waals surface area contributed by atoms with E-state index in [-0.39, 0.29) is 11.9 Å². The Hall–Kier alpha value is -2.27. The summed E-state index contributed by atoms with van der Waals surface area (Å²) in [6, 6.07) is 15.4. The van der Waals surface area contributed by atoms with Gasteiger partial charge in [0.25, 0.3) is 5.91 Å². The van der Waals surface area contributed by atoms with Crippen LogP contribution in [0.15, 0.2) is 53.4 Å². The van der Waals surface area contributed by atoms with Crippen molar-refractivity contribution >= 4 is 23.6 Å². The second-order valence-corrected chi connectivity index (χ2v) is 7.25. The van der Waals surface area contributed by atoms with E-state index in [0.717, 1.165) is 24.2 Å². The summed E-state index contributed by atoms with van der Waals surface area (Å²) in [6.07, 6.45) is 4.04. The van der Waals surface area contributed by atoms with Crippen LogP contribution in [0.25, 0.3) is 0 Å². The van der Waals surface area contributed by atoms with Crippen LogP contribution in [-0.2, 0) is 16.0 Å². The Morgan fingerprint density at radius 1 is 1.15 bits per heavy atom. The first-order chi connectivity index (χ1) is 12.6. The molecular formula is C21H23NO3S. The predicted octanol–water partition coefficient (Wildman–Crippen LogP) is 4.15. The van der Waals surface area contributed by atoms with Crippen molar-refractivity contribution in [2.45, 2.75) is 43.2 Å². The molecule has 0 radical (unpaired) electrons. The summed E-state index contributed by atoms with van der Waals surface area (Å²) in [5.74, 6) is -0.733. The molecule has 1 aliphatic carbocycles. The Morgan fingerprint density at radius 3 is 2.69 bits per heavy atom. The lowest BCUT2D eigenvalue weighted by molar-refractivity contribution is -0.130. The highest BCUT2D eigenvalue weighted by Crippen LogP contribution is 2.29. The Balaban J connectivity index is 1.65. The predicted molar refractivity (Wildman–Crippen MR) is 103 cm³/mol. The van der Waals surface area contributed by atoms with E-state index in [0.29, 0.717) is 5.56 Å². The SMILES string of the molecule is CSc1ccccc1C(=O)O[C@H](C)C(=O)N[C@H]1CCCc2ccccc21. The minimum atomic E-state index is -0.841. The average molecular weight is 369 g/mol. The molecule has 26 heavy (non-hydrogen) atoms. The van der Waals surface area contributed by atoms with Crippen LogP contribution in [0.5, 0.6) is 0 Å². The minimum Gasteiger partial charge on any atom is -0.449 e. The first-order valence-electron chi connectivity index (χ1n) is 8.82. The van der Waals surface area contributed by atoms with Gasteiger partial charge in [-0.25, -0.2) is 4.79 Å². The summed E-state index contributed by atoms with van der Waals surface area (Å²) in [5, 5.41) is 3.04. The van der Waals surface area contributed by atoms with Gasteiger partial charge in [-0.3, -0.25) is 4.79 Å². The number of esters is 1. The second-order valence-electron chi connectivity index (χ2n) is 6.40. The molecule has 0 aliphatic heterocycles. The fourth-order valence-electron chi connectivity index (χ4n) is 3.28. The van der Waals surface area contributed by atoms with Gasteiger partial charge >= 0.3 is 5.97 Å². The summed E-state index contributed by atoms with van der Waals surface area (Å²) in [4.78, 5) is 25.8. The van der Waals surface area contributed by atoms with Crippen molar-refractivity contribution in [3.8, 4) is 0 Å². The number of rotatable bonds is 5. The van der Waals surface area contributed by atoms with E-state index in [1.54, 1.807) is 19.1 Å². The molecular weight excluding hydrogens is 346 g/mol. The van der Waals surface area contributed by atoms with E-state index in [4.69, 9.17) is 4.74 Å². The summed E-state index contributed by atoms with van der Waals surface area (Å²) in [7, 11) is 0. The Kier molecular flexibility index (Phi) is 5.99. The molecule has 0 fully saturated rings. The molecule has 1 aliphatic rings. The molecule has 0 spiro atoms. The van der Waals surface area contributed by atoms with E-state index in [1.807, 2.05) is 30.5 Å². The van der Waals surface area contributed by atoms with E-state index in [9.17, 15) is 9.59 Å². The third-order valence-corrected chi connectivity index (χ3v) is 5.46. The van der Waals surface area contributed by atoms with Crippen LogP contribution in [0, 0.1) is 0 Å². The summed E-state index contributed by atoms with van der Waals surface area (Å²) in [6.45, 7) is 1.61. The largest absolute Gasteiger partial charge is 0.449 e. The van der Waals surface area contributed by atoms with Gasteiger partial charge in [0.05, 0.1) is 11.6 Å². The highest BCUT2D eigenvalue weighted by atomic mass is 32.2. The molecule has 4 nitrogen and oxygen atoms in total. The van der Waals surface area contributed by atoms with Crippen molar-refractivity contribution in [1.29, 1.82) is 0 Å². The van der Waals surface area contributed by atoms with Gasteiger partial charge in [0, 0.05) is 4.90 Å². The van der Waals surface area contributed by atoms with Crippen LogP contribution < -0.4 is 5.32 Å². The Morgan fingerprint density at radius 2 is 1.88 bits per heavy atom. The number of amides is 1. The van der Waals surface area contributed by atoms with Crippen LogP contribution in [0.4, 0.5) is 0 Å². The van der Waals surface area contributed by atoms with Crippen molar-refractivity contribution in [1.82, 2.24) is 5.32 Å². The van der Waals surface area contributed by atoms with Crippen molar-refractivity contribution < 1.29 is 14.3 Å². The van der Waals surface area contributed by atoms with Gasteiger partial charge in [-0.1, -0.05) is 36.4 Å².